The van der Waals surface area contributed by atoms with Gasteiger partial charge in [0.2, 0.25) is 0 Å². The number of benzene rings is 1. The van der Waals surface area contributed by atoms with Gasteiger partial charge in [0.15, 0.2) is 0 Å². The second kappa shape index (κ2) is 19.1. The molecule has 1 aromatic rings. The number of hydrogen-bond acceptors (Lipinski definition) is 3. The quantitative estimate of drug-likeness (QED) is 0.150. The molecule has 4 heteroatoms. The first-order valence-electron chi connectivity index (χ1n) is 12.5. The van der Waals surface area contributed by atoms with Gasteiger partial charge < -0.3 is 4.52 Å². The molecule has 0 bridgehead atoms. The average Bonchev–Trinajstić information content (AvgIpc) is 2.73. The Labute approximate surface area is 188 Å². The van der Waals surface area contributed by atoms with E-state index >= 15 is 0 Å². The summed E-state index contributed by atoms with van der Waals surface area (Å²) < 4.78 is 18.6. The molecule has 0 aliphatic rings. The fourth-order valence-corrected chi connectivity index (χ4v) is 4.69. The van der Waals surface area contributed by atoms with Crippen molar-refractivity contribution in [3.05, 3.63) is 30.3 Å². The summed E-state index contributed by atoms with van der Waals surface area (Å²) in [6.45, 7) is 8.83. The van der Waals surface area contributed by atoms with Gasteiger partial charge in [0.05, 0.1) is 12.2 Å². The van der Waals surface area contributed by atoms with Gasteiger partial charge in [-0.05, 0) is 38.8 Å². The second-order valence-corrected chi connectivity index (χ2v) is 9.62. The fourth-order valence-electron chi connectivity index (χ4n) is 3.46. The van der Waals surface area contributed by atoms with Crippen LogP contribution in [0.25, 0.3) is 0 Å². The summed E-state index contributed by atoms with van der Waals surface area (Å²) in [6.07, 6.45) is 18.2. The van der Waals surface area contributed by atoms with Crippen LogP contribution in [0.1, 0.15) is 118 Å². The number of para-hydroxylation sites is 1. The maximum Gasteiger partial charge on any atom is 0.397 e. The van der Waals surface area contributed by atoms with E-state index < -0.39 is 8.60 Å². The first-order chi connectivity index (χ1) is 14.7. The van der Waals surface area contributed by atoms with E-state index in [1.165, 1.54) is 77.0 Å². The first-order valence-corrected chi connectivity index (χ1v) is 13.6. The SMILES string of the molecule is CCCCCCCCC(C)OP(Oc1ccccc1)OC(C)CCCCCCCC. The zero-order chi connectivity index (χ0) is 21.9. The lowest BCUT2D eigenvalue weighted by Gasteiger charge is -2.24. The Morgan fingerprint density at radius 1 is 0.633 bits per heavy atom. The Morgan fingerprint density at radius 2 is 1.07 bits per heavy atom. The van der Waals surface area contributed by atoms with Crippen molar-refractivity contribution in [1.29, 1.82) is 0 Å². The molecule has 0 radical (unpaired) electrons. The molecule has 3 nitrogen and oxygen atoms in total. The molecule has 2 atom stereocenters. The summed E-state index contributed by atoms with van der Waals surface area (Å²) in [7, 11) is -1.38. The molecule has 0 amide bonds. The van der Waals surface area contributed by atoms with Crippen LogP contribution in [0.5, 0.6) is 5.75 Å². The van der Waals surface area contributed by atoms with Gasteiger partial charge in [-0.25, -0.2) is 0 Å². The monoisotopic (exact) mass is 438 g/mol. The van der Waals surface area contributed by atoms with Crippen molar-refractivity contribution < 1.29 is 13.6 Å². The van der Waals surface area contributed by atoms with Crippen molar-refractivity contribution in [2.24, 2.45) is 0 Å². The molecule has 0 aromatic heterocycles. The molecule has 174 valence electrons. The van der Waals surface area contributed by atoms with E-state index in [0.29, 0.717) is 0 Å². The van der Waals surface area contributed by atoms with E-state index in [1.54, 1.807) is 0 Å². The van der Waals surface area contributed by atoms with Gasteiger partial charge in [0, 0.05) is 0 Å². The zero-order valence-corrected chi connectivity index (χ0v) is 21.0. The second-order valence-electron chi connectivity index (χ2n) is 8.57. The van der Waals surface area contributed by atoms with Crippen molar-refractivity contribution in [3.8, 4) is 5.75 Å². The highest BCUT2D eigenvalue weighted by atomic mass is 31.2. The van der Waals surface area contributed by atoms with Crippen LogP contribution < -0.4 is 4.52 Å². The van der Waals surface area contributed by atoms with E-state index in [9.17, 15) is 0 Å². The average molecular weight is 439 g/mol. The van der Waals surface area contributed by atoms with Crippen molar-refractivity contribution in [1.82, 2.24) is 0 Å². The molecule has 0 aliphatic carbocycles. The van der Waals surface area contributed by atoms with Gasteiger partial charge in [0.25, 0.3) is 0 Å². The van der Waals surface area contributed by atoms with Crippen LogP contribution in [-0.4, -0.2) is 12.2 Å². The van der Waals surface area contributed by atoms with Crippen molar-refractivity contribution >= 4 is 8.60 Å². The van der Waals surface area contributed by atoms with Gasteiger partial charge in [-0.2, -0.15) is 0 Å². The molecule has 2 unspecified atom stereocenters. The Hall–Kier alpha value is -0.630. The number of unbranched alkanes of at least 4 members (excludes halogenated alkanes) is 10. The Balaban J connectivity index is 2.38. The normalized spacial score (nSPS) is 14.4. The third kappa shape index (κ3) is 15.2. The third-order valence-corrected chi connectivity index (χ3v) is 6.81. The largest absolute Gasteiger partial charge is 0.427 e. The number of rotatable bonds is 20. The molecule has 0 saturated heterocycles. The van der Waals surface area contributed by atoms with Crippen LogP contribution in [0.15, 0.2) is 30.3 Å². The predicted molar refractivity (Wildman–Crippen MR) is 131 cm³/mol. The molecule has 0 fully saturated rings. The van der Waals surface area contributed by atoms with E-state index in [2.05, 4.69) is 27.7 Å². The summed E-state index contributed by atoms with van der Waals surface area (Å²) in [5.74, 6) is 0.821. The minimum Gasteiger partial charge on any atom is -0.427 e. The van der Waals surface area contributed by atoms with Crippen molar-refractivity contribution in [2.45, 2.75) is 130 Å². The minimum absolute atomic E-state index is 0.159. The lowest BCUT2D eigenvalue weighted by Crippen LogP contribution is -2.13. The molecule has 0 spiro atoms. The summed E-state index contributed by atoms with van der Waals surface area (Å²) in [4.78, 5) is 0. The fraction of sp³-hybridized carbons (Fsp3) is 0.769. The van der Waals surface area contributed by atoms with Crippen LogP contribution in [0.4, 0.5) is 0 Å². The Kier molecular flexibility index (Phi) is 17.4. The summed E-state index contributed by atoms with van der Waals surface area (Å²) >= 11 is 0. The molecule has 30 heavy (non-hydrogen) atoms. The molecular weight excluding hydrogens is 391 g/mol. The highest BCUT2D eigenvalue weighted by molar-refractivity contribution is 7.42. The molecule has 1 rings (SSSR count). The van der Waals surface area contributed by atoms with Gasteiger partial charge in [-0.3, -0.25) is 9.05 Å². The van der Waals surface area contributed by atoms with Gasteiger partial charge in [-0.15, -0.1) is 0 Å². The van der Waals surface area contributed by atoms with Gasteiger partial charge in [0.1, 0.15) is 5.75 Å². The molecule has 0 aliphatic heterocycles. The van der Waals surface area contributed by atoms with Gasteiger partial charge in [-0.1, -0.05) is 109 Å². The van der Waals surface area contributed by atoms with Crippen LogP contribution in [0.2, 0.25) is 0 Å². The van der Waals surface area contributed by atoms with Crippen LogP contribution >= 0.6 is 8.60 Å². The molecule has 0 heterocycles. The zero-order valence-electron chi connectivity index (χ0n) is 20.1. The molecule has 1 aromatic carbocycles. The highest BCUT2D eigenvalue weighted by Gasteiger charge is 2.21. The maximum absolute atomic E-state index is 6.23. The summed E-state index contributed by atoms with van der Waals surface area (Å²) in [6, 6.07) is 9.92. The molecule has 0 N–H and O–H groups in total. The molecular formula is C26H47O3P. The predicted octanol–water partition coefficient (Wildman–Crippen LogP) is 9.60. The molecule has 0 saturated carbocycles. The lowest BCUT2D eigenvalue weighted by atomic mass is 10.1. The third-order valence-electron chi connectivity index (χ3n) is 5.38. The smallest absolute Gasteiger partial charge is 0.397 e. The first kappa shape index (κ1) is 27.4. The van der Waals surface area contributed by atoms with Crippen LogP contribution in [0.3, 0.4) is 0 Å². The standard InChI is InChI=1S/C26H47O3P/c1-5-7-9-11-13-16-20-24(3)27-30(29-26-22-18-15-19-23-26)28-25(4)21-17-14-12-10-8-6-2/h15,18-19,22-25H,5-14,16-17,20-21H2,1-4H3. The summed E-state index contributed by atoms with van der Waals surface area (Å²) in [5.41, 5.74) is 0. The number of hydrogen-bond donors (Lipinski definition) is 0. The van der Waals surface area contributed by atoms with E-state index in [4.69, 9.17) is 13.6 Å². The Morgan fingerprint density at radius 3 is 1.53 bits per heavy atom. The lowest BCUT2D eigenvalue weighted by molar-refractivity contribution is 0.118. The van der Waals surface area contributed by atoms with Crippen LogP contribution in [-0.2, 0) is 9.05 Å². The topological polar surface area (TPSA) is 27.7 Å². The van der Waals surface area contributed by atoms with Crippen LogP contribution in [0, 0.1) is 0 Å². The highest BCUT2D eigenvalue weighted by Crippen LogP contribution is 2.44. The Bertz CT molecular complexity index is 458. The summed E-state index contributed by atoms with van der Waals surface area (Å²) in [5, 5.41) is 0. The maximum atomic E-state index is 6.23. The van der Waals surface area contributed by atoms with E-state index in [0.717, 1.165) is 18.6 Å². The van der Waals surface area contributed by atoms with Crippen molar-refractivity contribution in [2.75, 3.05) is 0 Å². The van der Waals surface area contributed by atoms with Gasteiger partial charge >= 0.3 is 8.60 Å². The van der Waals surface area contributed by atoms with E-state index in [1.807, 2.05) is 30.3 Å². The minimum atomic E-state index is -1.38. The van der Waals surface area contributed by atoms with E-state index in [-0.39, 0.29) is 12.2 Å². The van der Waals surface area contributed by atoms with Crippen molar-refractivity contribution in [3.63, 3.8) is 0 Å².